The van der Waals surface area contributed by atoms with Crippen molar-refractivity contribution >= 4 is 0 Å². The first kappa shape index (κ1) is 42.6. The average Bonchev–Trinajstić information content (AvgIpc) is 3.02. The second-order valence-electron chi connectivity index (χ2n) is 13.9. The number of benzene rings is 1. The van der Waals surface area contributed by atoms with Crippen LogP contribution >= 0.6 is 0 Å². The first-order chi connectivity index (χ1) is 22.8. The van der Waals surface area contributed by atoms with E-state index in [1.807, 2.05) is 0 Å². The van der Waals surface area contributed by atoms with Crippen LogP contribution in [0.25, 0.3) is 0 Å². The van der Waals surface area contributed by atoms with Crippen LogP contribution in [0.2, 0.25) is 0 Å². The van der Waals surface area contributed by atoms with E-state index in [-0.39, 0.29) is 23.0 Å². The fourth-order valence-electron chi connectivity index (χ4n) is 5.68. The molecular formula is C44H68O4. The van der Waals surface area contributed by atoms with E-state index in [0.29, 0.717) is 17.5 Å². The van der Waals surface area contributed by atoms with E-state index in [1.54, 1.807) is 6.92 Å². The summed E-state index contributed by atoms with van der Waals surface area (Å²) < 4.78 is 10.5. The Morgan fingerprint density at radius 2 is 0.750 bits per heavy atom. The van der Waals surface area contributed by atoms with Crippen molar-refractivity contribution in [1.29, 1.82) is 0 Å². The lowest BCUT2D eigenvalue weighted by atomic mass is 9.99. The van der Waals surface area contributed by atoms with Gasteiger partial charge in [-0.2, -0.15) is 0 Å². The van der Waals surface area contributed by atoms with Crippen LogP contribution in [0.5, 0.6) is 23.0 Å². The van der Waals surface area contributed by atoms with Crippen LogP contribution in [-0.2, 0) is 6.42 Å². The zero-order chi connectivity index (χ0) is 36.1. The molecule has 0 atom stereocenters. The molecule has 0 fully saturated rings. The fourth-order valence-corrected chi connectivity index (χ4v) is 5.68. The standard InChI is InChI=1S/C44H68O4/c1-32(2)18-12-19-33(3)20-13-21-34(4)22-14-23-35(5)24-15-25-36(6)26-16-27-37(7)28-17-29-38(8)30-31-40-39(9)41(45)43(47-10)44(48-11)42(40)46/h18,20,22,24,26,28,30,45-46H,12-17,19,21,23,25,27,29,31H2,1-11H3/b33-20-,34-22-,35-24+,36-26+,37-28+,38-30+. The molecule has 0 spiro atoms. The highest BCUT2D eigenvalue weighted by atomic mass is 16.5. The van der Waals surface area contributed by atoms with Gasteiger partial charge in [-0.3, -0.25) is 0 Å². The van der Waals surface area contributed by atoms with Gasteiger partial charge in [0, 0.05) is 11.1 Å². The SMILES string of the molecule is COc1c(O)c(C)c(C/C=C(\C)CC/C=C(\C)CC/C=C(\C)CC/C=C(\C)CC/C=C(/C)CC/C=C(/C)CCC=C(C)C)c(O)c1OC. The van der Waals surface area contributed by atoms with E-state index in [4.69, 9.17) is 9.47 Å². The second kappa shape index (κ2) is 23.8. The van der Waals surface area contributed by atoms with Crippen LogP contribution in [0.3, 0.4) is 0 Å². The third-order valence-electron chi connectivity index (χ3n) is 9.04. The molecule has 4 nitrogen and oxygen atoms in total. The predicted octanol–water partition coefficient (Wildman–Crippen LogP) is 13.3. The van der Waals surface area contributed by atoms with Gasteiger partial charge in [0.25, 0.3) is 0 Å². The molecule has 48 heavy (non-hydrogen) atoms. The highest BCUT2D eigenvalue weighted by Crippen LogP contribution is 2.48. The summed E-state index contributed by atoms with van der Waals surface area (Å²) in [6, 6.07) is 0. The molecule has 0 saturated heterocycles. The molecule has 0 heterocycles. The summed E-state index contributed by atoms with van der Waals surface area (Å²) in [5.74, 6) is 0.357. The van der Waals surface area contributed by atoms with Crippen LogP contribution in [0.4, 0.5) is 0 Å². The molecule has 2 N–H and O–H groups in total. The summed E-state index contributed by atoms with van der Waals surface area (Å²) in [5, 5.41) is 21.2. The largest absolute Gasteiger partial charge is 0.504 e. The summed E-state index contributed by atoms with van der Waals surface area (Å²) in [4.78, 5) is 0. The number of hydrogen-bond donors (Lipinski definition) is 2. The van der Waals surface area contributed by atoms with Crippen LogP contribution in [-0.4, -0.2) is 24.4 Å². The summed E-state index contributed by atoms with van der Waals surface area (Å²) in [6.07, 6.45) is 30.3. The van der Waals surface area contributed by atoms with Crippen molar-refractivity contribution in [2.24, 2.45) is 0 Å². The number of phenolic OH excluding ortho intramolecular Hbond substituents is 2. The highest BCUT2D eigenvalue weighted by molar-refractivity contribution is 5.66. The van der Waals surface area contributed by atoms with Gasteiger partial charge in [0.15, 0.2) is 11.5 Å². The Balaban J connectivity index is 2.40. The van der Waals surface area contributed by atoms with Gasteiger partial charge in [0.05, 0.1) is 14.2 Å². The third-order valence-corrected chi connectivity index (χ3v) is 9.04. The topological polar surface area (TPSA) is 58.9 Å². The number of ether oxygens (including phenoxy) is 2. The van der Waals surface area contributed by atoms with Gasteiger partial charge in [-0.05, 0) is 146 Å². The molecule has 4 heteroatoms. The highest BCUT2D eigenvalue weighted by Gasteiger charge is 2.22. The fraction of sp³-hybridized carbons (Fsp3) is 0.545. The van der Waals surface area contributed by atoms with E-state index < -0.39 is 0 Å². The molecule has 0 unspecified atom stereocenters. The number of allylic oxidation sites excluding steroid dienone is 14. The van der Waals surface area contributed by atoms with Crippen molar-refractivity contribution in [1.82, 2.24) is 0 Å². The second-order valence-corrected chi connectivity index (χ2v) is 13.9. The monoisotopic (exact) mass is 661 g/mol. The third kappa shape index (κ3) is 17.1. The zero-order valence-corrected chi connectivity index (χ0v) is 32.4. The van der Waals surface area contributed by atoms with Crippen LogP contribution in [0, 0.1) is 6.92 Å². The first-order valence-electron chi connectivity index (χ1n) is 18.0. The molecule has 1 aromatic rings. The van der Waals surface area contributed by atoms with E-state index in [2.05, 4.69) is 97.9 Å². The molecule has 0 saturated carbocycles. The molecule has 1 rings (SSSR count). The van der Waals surface area contributed by atoms with Crippen molar-refractivity contribution in [3.63, 3.8) is 0 Å². The maximum Gasteiger partial charge on any atom is 0.207 e. The van der Waals surface area contributed by atoms with Crippen molar-refractivity contribution in [2.75, 3.05) is 14.2 Å². The molecule has 0 aliphatic rings. The van der Waals surface area contributed by atoms with Gasteiger partial charge in [-0.15, -0.1) is 0 Å². The number of methoxy groups -OCH3 is 2. The Kier molecular flexibility index (Phi) is 21.2. The van der Waals surface area contributed by atoms with E-state index in [9.17, 15) is 10.2 Å². The van der Waals surface area contributed by atoms with Gasteiger partial charge in [0.1, 0.15) is 0 Å². The molecule has 268 valence electrons. The van der Waals surface area contributed by atoms with Gasteiger partial charge in [-0.1, -0.05) is 81.5 Å². The molecule has 0 bridgehead atoms. The Morgan fingerprint density at radius 3 is 1.06 bits per heavy atom. The first-order valence-corrected chi connectivity index (χ1v) is 18.0. The lowest BCUT2D eigenvalue weighted by Gasteiger charge is -2.17. The summed E-state index contributed by atoms with van der Waals surface area (Å²) in [6.45, 7) is 19.5. The Labute approximate surface area is 294 Å². The van der Waals surface area contributed by atoms with Gasteiger partial charge >= 0.3 is 0 Å². The Morgan fingerprint density at radius 1 is 0.458 bits per heavy atom. The molecule has 0 radical (unpaired) electrons. The number of phenols is 2. The molecule has 0 aromatic heterocycles. The summed E-state index contributed by atoms with van der Waals surface area (Å²) in [7, 11) is 2.91. The van der Waals surface area contributed by atoms with E-state index >= 15 is 0 Å². The van der Waals surface area contributed by atoms with Gasteiger partial charge in [0.2, 0.25) is 11.5 Å². The molecule has 0 aliphatic heterocycles. The maximum atomic E-state index is 10.7. The van der Waals surface area contributed by atoms with Crippen LogP contribution in [0.1, 0.15) is 144 Å². The van der Waals surface area contributed by atoms with Crippen molar-refractivity contribution in [2.45, 2.75) is 146 Å². The maximum absolute atomic E-state index is 10.7. The normalized spacial score (nSPS) is 13.6. The van der Waals surface area contributed by atoms with Crippen LogP contribution < -0.4 is 9.47 Å². The minimum Gasteiger partial charge on any atom is -0.504 e. The molecular weight excluding hydrogens is 592 g/mol. The number of hydrogen-bond acceptors (Lipinski definition) is 4. The van der Waals surface area contributed by atoms with Gasteiger partial charge in [-0.25, -0.2) is 0 Å². The molecule has 0 aliphatic carbocycles. The smallest absolute Gasteiger partial charge is 0.207 e. The van der Waals surface area contributed by atoms with Crippen molar-refractivity contribution < 1.29 is 19.7 Å². The quantitative estimate of drug-likeness (QED) is 0.0960. The van der Waals surface area contributed by atoms with E-state index in [0.717, 1.165) is 64.2 Å². The molecule has 0 amide bonds. The Hall–Kier alpha value is -3.40. The summed E-state index contributed by atoms with van der Waals surface area (Å²) >= 11 is 0. The number of aromatic hydroxyl groups is 2. The van der Waals surface area contributed by atoms with Gasteiger partial charge < -0.3 is 19.7 Å². The lowest BCUT2D eigenvalue weighted by molar-refractivity contribution is 0.314. The zero-order valence-electron chi connectivity index (χ0n) is 32.4. The number of rotatable bonds is 22. The summed E-state index contributed by atoms with van der Waals surface area (Å²) in [5.41, 5.74) is 11.3. The lowest BCUT2D eigenvalue weighted by Crippen LogP contribution is -1.98. The Bertz CT molecular complexity index is 1360. The molecule has 1 aromatic carbocycles. The van der Waals surface area contributed by atoms with Crippen molar-refractivity contribution in [3.05, 3.63) is 92.7 Å². The predicted molar refractivity (Wildman–Crippen MR) is 209 cm³/mol. The minimum atomic E-state index is 0.00678. The van der Waals surface area contributed by atoms with Crippen molar-refractivity contribution in [3.8, 4) is 23.0 Å². The van der Waals surface area contributed by atoms with E-state index in [1.165, 1.54) is 66.1 Å². The van der Waals surface area contributed by atoms with Crippen LogP contribution in [0.15, 0.2) is 81.5 Å². The minimum absolute atomic E-state index is 0.00678. The average molecular weight is 661 g/mol.